The zero-order valence-electron chi connectivity index (χ0n) is 9.30. The highest BCUT2D eigenvalue weighted by Crippen LogP contribution is 2.21. The van der Waals surface area contributed by atoms with E-state index in [0.29, 0.717) is 18.4 Å². The van der Waals surface area contributed by atoms with Gasteiger partial charge in [-0.15, -0.1) is 0 Å². The third kappa shape index (κ3) is 2.90. The molecular weight excluding hydrogens is 224 g/mol. The molecule has 1 aromatic carbocycles. The molecule has 0 amide bonds. The van der Waals surface area contributed by atoms with Crippen LogP contribution in [0.15, 0.2) is 30.0 Å². The summed E-state index contributed by atoms with van der Waals surface area (Å²) in [6.07, 6.45) is 4.69. The molecule has 0 radical (unpaired) electrons. The third-order valence-corrected chi connectivity index (χ3v) is 2.79. The smallest absolute Gasteiger partial charge is 0.160 e. The van der Waals surface area contributed by atoms with Gasteiger partial charge in [0.1, 0.15) is 11.6 Å². The van der Waals surface area contributed by atoms with Gasteiger partial charge in [-0.1, -0.05) is 0 Å². The first-order chi connectivity index (χ1) is 8.16. The molecule has 0 heterocycles. The molecule has 0 aromatic heterocycles. The van der Waals surface area contributed by atoms with Gasteiger partial charge in [-0.25, -0.2) is 8.78 Å². The van der Waals surface area contributed by atoms with Gasteiger partial charge in [0.15, 0.2) is 5.78 Å². The summed E-state index contributed by atoms with van der Waals surface area (Å²) in [4.78, 5) is 11.5. The lowest BCUT2D eigenvalue weighted by Crippen LogP contribution is -2.10. The second-order valence-corrected chi connectivity index (χ2v) is 4.07. The van der Waals surface area contributed by atoms with E-state index in [0.717, 1.165) is 18.9 Å². The molecule has 2 rings (SSSR count). The molecule has 1 saturated carbocycles. The van der Waals surface area contributed by atoms with Gasteiger partial charge in [-0.3, -0.25) is 4.79 Å². The molecule has 0 aliphatic heterocycles. The molecule has 1 N–H and O–H groups in total. The van der Waals surface area contributed by atoms with Crippen LogP contribution in [0.4, 0.5) is 14.5 Å². The molecule has 0 saturated heterocycles. The lowest BCUT2D eigenvalue weighted by molar-refractivity contribution is -0.116. The van der Waals surface area contributed by atoms with Gasteiger partial charge in [0.2, 0.25) is 0 Å². The number of nitrogens with one attached hydrogen (secondary N) is 1. The molecule has 0 atom stereocenters. The molecule has 2 nitrogen and oxygen atoms in total. The first-order valence-electron chi connectivity index (χ1n) is 5.60. The summed E-state index contributed by atoms with van der Waals surface area (Å²) in [5.74, 6) is -1.18. The minimum absolute atomic E-state index is 0.103. The van der Waals surface area contributed by atoms with E-state index in [1.807, 2.05) is 0 Å². The number of halogens is 2. The van der Waals surface area contributed by atoms with Crippen LogP contribution in [-0.2, 0) is 4.79 Å². The van der Waals surface area contributed by atoms with Gasteiger partial charge < -0.3 is 5.32 Å². The van der Waals surface area contributed by atoms with Crippen LogP contribution in [0.5, 0.6) is 0 Å². The van der Waals surface area contributed by atoms with Crippen LogP contribution in [0.1, 0.15) is 25.7 Å². The summed E-state index contributed by atoms with van der Waals surface area (Å²) in [6, 6.07) is 3.30. The first kappa shape index (κ1) is 11.8. The summed E-state index contributed by atoms with van der Waals surface area (Å²) in [5, 5.41) is 2.72. The molecule has 0 unspecified atom stereocenters. The number of anilines is 1. The fourth-order valence-corrected chi connectivity index (χ4v) is 1.83. The number of carbonyl (C=O) groups excluding carboxylic acids is 1. The Morgan fingerprint density at radius 2 is 1.94 bits per heavy atom. The number of benzene rings is 1. The Kier molecular flexibility index (Phi) is 3.52. The zero-order valence-corrected chi connectivity index (χ0v) is 9.30. The Hall–Kier alpha value is -1.71. The standard InChI is InChI=1S/C13H13F2NO/c14-10-5-6-12(11(15)7-10)16-8-9-3-1-2-4-13(9)17/h5-8,16H,1-4H2/b9-8-. The van der Waals surface area contributed by atoms with Gasteiger partial charge in [0.05, 0.1) is 5.69 Å². The number of hydrogen-bond acceptors (Lipinski definition) is 2. The van der Waals surface area contributed by atoms with Crippen LogP contribution >= 0.6 is 0 Å². The summed E-state index contributed by atoms with van der Waals surface area (Å²) in [6.45, 7) is 0. The predicted molar refractivity (Wildman–Crippen MR) is 61.5 cm³/mol. The summed E-state index contributed by atoms with van der Waals surface area (Å²) >= 11 is 0. The van der Waals surface area contributed by atoms with E-state index in [1.165, 1.54) is 18.3 Å². The number of allylic oxidation sites excluding steroid dienone is 1. The maximum absolute atomic E-state index is 13.3. The van der Waals surface area contributed by atoms with E-state index in [2.05, 4.69) is 5.32 Å². The molecule has 4 heteroatoms. The van der Waals surface area contributed by atoms with Crippen LogP contribution in [0, 0.1) is 11.6 Å². The number of hydrogen-bond donors (Lipinski definition) is 1. The molecular formula is C13H13F2NO. The zero-order chi connectivity index (χ0) is 12.3. The van der Waals surface area contributed by atoms with Gasteiger partial charge in [0, 0.05) is 24.3 Å². The normalized spacial score (nSPS) is 18.5. The van der Waals surface area contributed by atoms with Crippen molar-refractivity contribution in [3.05, 3.63) is 41.6 Å². The predicted octanol–water partition coefficient (Wildman–Crippen LogP) is 3.40. The quantitative estimate of drug-likeness (QED) is 0.799. The number of rotatable bonds is 2. The van der Waals surface area contributed by atoms with E-state index < -0.39 is 11.6 Å². The minimum atomic E-state index is -0.662. The Bertz CT molecular complexity index is 468. The summed E-state index contributed by atoms with van der Waals surface area (Å²) < 4.78 is 26.0. The van der Waals surface area contributed by atoms with Crippen molar-refractivity contribution in [1.29, 1.82) is 0 Å². The number of Topliss-reactive ketones (excluding diaryl/α,β-unsaturated/α-hetero) is 1. The van der Waals surface area contributed by atoms with Gasteiger partial charge in [-0.05, 0) is 31.4 Å². The van der Waals surface area contributed by atoms with E-state index >= 15 is 0 Å². The Morgan fingerprint density at radius 1 is 1.18 bits per heavy atom. The lowest BCUT2D eigenvalue weighted by Gasteiger charge is -2.13. The molecule has 1 aliphatic carbocycles. The maximum atomic E-state index is 13.3. The van der Waals surface area contributed by atoms with Crippen LogP contribution in [0.2, 0.25) is 0 Å². The van der Waals surface area contributed by atoms with Crippen molar-refractivity contribution in [3.63, 3.8) is 0 Å². The molecule has 1 aromatic rings. The fourth-order valence-electron chi connectivity index (χ4n) is 1.83. The molecule has 1 fully saturated rings. The van der Waals surface area contributed by atoms with Crippen LogP contribution < -0.4 is 5.32 Å². The van der Waals surface area contributed by atoms with Crippen molar-refractivity contribution in [1.82, 2.24) is 0 Å². The van der Waals surface area contributed by atoms with E-state index in [4.69, 9.17) is 0 Å². The van der Waals surface area contributed by atoms with E-state index in [-0.39, 0.29) is 11.5 Å². The topological polar surface area (TPSA) is 29.1 Å². The minimum Gasteiger partial charge on any atom is -0.359 e. The number of ketones is 1. The van der Waals surface area contributed by atoms with Gasteiger partial charge >= 0.3 is 0 Å². The van der Waals surface area contributed by atoms with Crippen molar-refractivity contribution in [2.45, 2.75) is 25.7 Å². The van der Waals surface area contributed by atoms with Crippen LogP contribution in [0.25, 0.3) is 0 Å². The molecule has 0 bridgehead atoms. The van der Waals surface area contributed by atoms with Crippen LogP contribution in [0.3, 0.4) is 0 Å². The average Bonchev–Trinajstić information content (AvgIpc) is 2.30. The molecule has 0 spiro atoms. The van der Waals surface area contributed by atoms with Crippen molar-refractivity contribution in [2.75, 3.05) is 5.32 Å². The first-order valence-corrected chi connectivity index (χ1v) is 5.60. The highest BCUT2D eigenvalue weighted by molar-refractivity contribution is 5.96. The monoisotopic (exact) mass is 237 g/mol. The van der Waals surface area contributed by atoms with E-state index in [9.17, 15) is 13.6 Å². The van der Waals surface area contributed by atoms with Crippen LogP contribution in [-0.4, -0.2) is 5.78 Å². The van der Waals surface area contributed by atoms with E-state index in [1.54, 1.807) is 0 Å². The maximum Gasteiger partial charge on any atom is 0.160 e. The SMILES string of the molecule is O=C1CCCC/C1=C/Nc1ccc(F)cc1F. The van der Waals surface area contributed by atoms with Crippen molar-refractivity contribution in [2.24, 2.45) is 0 Å². The fraction of sp³-hybridized carbons (Fsp3) is 0.308. The highest BCUT2D eigenvalue weighted by Gasteiger charge is 2.14. The average molecular weight is 237 g/mol. The Labute approximate surface area is 98.3 Å². The van der Waals surface area contributed by atoms with Crippen molar-refractivity contribution >= 4 is 11.5 Å². The van der Waals surface area contributed by atoms with Crippen molar-refractivity contribution < 1.29 is 13.6 Å². The third-order valence-electron chi connectivity index (χ3n) is 2.79. The number of carbonyl (C=O) groups is 1. The summed E-state index contributed by atoms with van der Waals surface area (Å²) in [7, 11) is 0. The Balaban J connectivity index is 2.10. The van der Waals surface area contributed by atoms with Gasteiger partial charge in [-0.2, -0.15) is 0 Å². The lowest BCUT2D eigenvalue weighted by atomic mass is 9.94. The van der Waals surface area contributed by atoms with Crippen molar-refractivity contribution in [3.8, 4) is 0 Å². The molecule has 90 valence electrons. The highest BCUT2D eigenvalue weighted by atomic mass is 19.1. The second kappa shape index (κ2) is 5.08. The largest absolute Gasteiger partial charge is 0.359 e. The summed E-state index contributed by atoms with van der Waals surface area (Å²) in [5.41, 5.74) is 0.859. The molecule has 1 aliphatic rings. The second-order valence-electron chi connectivity index (χ2n) is 4.07. The van der Waals surface area contributed by atoms with Gasteiger partial charge in [0.25, 0.3) is 0 Å². The molecule has 17 heavy (non-hydrogen) atoms. The Morgan fingerprint density at radius 3 is 2.65 bits per heavy atom.